The van der Waals surface area contributed by atoms with Crippen molar-refractivity contribution >= 4 is 11.0 Å². The van der Waals surface area contributed by atoms with Crippen molar-refractivity contribution < 1.29 is 13.9 Å². The second kappa shape index (κ2) is 9.08. The molecule has 2 aromatic carbocycles. The Kier molecular flexibility index (Phi) is 5.79. The Hall–Kier alpha value is -2.83. The molecule has 0 radical (unpaired) electrons. The van der Waals surface area contributed by atoms with E-state index in [0.717, 1.165) is 35.7 Å². The lowest BCUT2D eigenvalue weighted by Crippen LogP contribution is -2.51. The Morgan fingerprint density at radius 3 is 2.74 bits per heavy atom. The van der Waals surface area contributed by atoms with Gasteiger partial charge in [-0.1, -0.05) is 18.6 Å². The van der Waals surface area contributed by atoms with Crippen LogP contribution in [0.5, 0.6) is 11.5 Å². The molecular weight excluding hydrogens is 428 g/mol. The monoisotopic (exact) mass is 460 g/mol. The number of methoxy groups -OCH3 is 1. The molecule has 0 amide bonds. The number of rotatable bonds is 4. The first-order chi connectivity index (χ1) is 16.7. The molecule has 0 saturated carbocycles. The molecule has 3 aromatic rings. The van der Waals surface area contributed by atoms with Gasteiger partial charge in [0.05, 0.1) is 23.6 Å². The SMILES string of the molecule is COc1ccc(-c2coc3c4c(ccc3c2=O)OCN(C[C@H]2CCCN3CCCC[C@H]23)C4)cc1. The maximum absolute atomic E-state index is 13.4. The van der Waals surface area contributed by atoms with E-state index in [4.69, 9.17) is 13.9 Å². The zero-order valence-corrected chi connectivity index (χ0v) is 19.8. The molecule has 6 heteroatoms. The van der Waals surface area contributed by atoms with Crippen LogP contribution in [0, 0.1) is 5.92 Å². The highest BCUT2D eigenvalue weighted by atomic mass is 16.5. The molecule has 4 heterocycles. The molecule has 34 heavy (non-hydrogen) atoms. The Labute approximate surface area is 200 Å². The molecule has 2 atom stereocenters. The average molecular weight is 461 g/mol. The third kappa shape index (κ3) is 3.89. The van der Waals surface area contributed by atoms with Crippen molar-refractivity contribution in [3.05, 3.63) is 58.4 Å². The summed E-state index contributed by atoms with van der Waals surface area (Å²) in [6, 6.07) is 12.0. The van der Waals surface area contributed by atoms with Gasteiger partial charge in [0.2, 0.25) is 5.43 Å². The van der Waals surface area contributed by atoms with Gasteiger partial charge in [-0.05, 0) is 74.5 Å². The molecule has 6 nitrogen and oxygen atoms in total. The molecule has 0 bridgehead atoms. The summed E-state index contributed by atoms with van der Waals surface area (Å²) in [5.74, 6) is 2.27. The van der Waals surface area contributed by atoms with E-state index < -0.39 is 0 Å². The Balaban J connectivity index is 1.27. The van der Waals surface area contributed by atoms with Crippen LogP contribution in [0.3, 0.4) is 0 Å². The summed E-state index contributed by atoms with van der Waals surface area (Å²) in [5, 5.41) is 0.605. The molecule has 2 fully saturated rings. The van der Waals surface area contributed by atoms with E-state index in [1.54, 1.807) is 13.4 Å². The second-order valence-electron chi connectivity index (χ2n) is 9.91. The van der Waals surface area contributed by atoms with Gasteiger partial charge < -0.3 is 18.8 Å². The normalized spacial score (nSPS) is 23.2. The van der Waals surface area contributed by atoms with Crippen molar-refractivity contribution in [1.29, 1.82) is 0 Å². The minimum atomic E-state index is -0.0172. The summed E-state index contributed by atoms with van der Waals surface area (Å²) < 4.78 is 17.5. The van der Waals surface area contributed by atoms with E-state index in [1.807, 2.05) is 36.4 Å². The predicted octanol–water partition coefficient (Wildman–Crippen LogP) is 4.89. The van der Waals surface area contributed by atoms with E-state index in [1.165, 1.54) is 45.2 Å². The average Bonchev–Trinajstić information content (AvgIpc) is 2.89. The van der Waals surface area contributed by atoms with E-state index in [0.29, 0.717) is 35.2 Å². The van der Waals surface area contributed by atoms with Crippen LogP contribution in [0.25, 0.3) is 22.1 Å². The minimum absolute atomic E-state index is 0.0172. The van der Waals surface area contributed by atoms with Crippen LogP contribution in [-0.2, 0) is 6.54 Å². The van der Waals surface area contributed by atoms with Gasteiger partial charge in [0.15, 0.2) is 0 Å². The molecule has 178 valence electrons. The van der Waals surface area contributed by atoms with Gasteiger partial charge in [-0.3, -0.25) is 9.69 Å². The fourth-order valence-electron chi connectivity index (χ4n) is 6.16. The summed E-state index contributed by atoms with van der Waals surface area (Å²) in [7, 11) is 1.63. The zero-order valence-electron chi connectivity index (χ0n) is 19.8. The van der Waals surface area contributed by atoms with Crippen molar-refractivity contribution in [3.63, 3.8) is 0 Å². The summed E-state index contributed by atoms with van der Waals surface area (Å²) in [6.45, 7) is 4.89. The van der Waals surface area contributed by atoms with Crippen molar-refractivity contribution in [3.8, 4) is 22.6 Å². The van der Waals surface area contributed by atoms with Crippen LogP contribution in [0.4, 0.5) is 0 Å². The minimum Gasteiger partial charge on any atom is -0.497 e. The van der Waals surface area contributed by atoms with Crippen molar-refractivity contribution in [2.24, 2.45) is 5.92 Å². The number of hydrogen-bond acceptors (Lipinski definition) is 6. The first kappa shape index (κ1) is 21.7. The Morgan fingerprint density at radius 1 is 1.03 bits per heavy atom. The lowest BCUT2D eigenvalue weighted by molar-refractivity contribution is 0.0146. The Morgan fingerprint density at radius 2 is 1.88 bits per heavy atom. The molecule has 1 aromatic heterocycles. The van der Waals surface area contributed by atoms with Gasteiger partial charge in [0, 0.05) is 19.1 Å². The molecule has 3 aliphatic rings. The van der Waals surface area contributed by atoms with Crippen LogP contribution in [0.15, 0.2) is 51.9 Å². The van der Waals surface area contributed by atoms with E-state index in [2.05, 4.69) is 9.80 Å². The maximum Gasteiger partial charge on any atom is 0.200 e. The van der Waals surface area contributed by atoms with E-state index >= 15 is 0 Å². The number of fused-ring (bicyclic) bond motifs is 4. The standard InChI is InChI=1S/C28H32N2O4/c1-32-21-9-7-19(8-10-21)24-17-33-28-22(27(24)31)11-12-26-23(28)16-29(18-34-26)15-20-5-4-14-30-13-3-2-6-25(20)30/h7-12,17,20,25H,2-6,13-16,18H2,1H3/t20-,25-/m1/s1. The van der Waals surface area contributed by atoms with Gasteiger partial charge in [-0.25, -0.2) is 0 Å². The molecule has 3 aliphatic heterocycles. The number of piperidine rings is 2. The van der Waals surface area contributed by atoms with E-state index in [-0.39, 0.29) is 5.43 Å². The quantitative estimate of drug-likeness (QED) is 0.553. The van der Waals surface area contributed by atoms with E-state index in [9.17, 15) is 4.79 Å². The highest BCUT2D eigenvalue weighted by Crippen LogP contribution is 2.35. The van der Waals surface area contributed by atoms with Gasteiger partial charge in [-0.15, -0.1) is 0 Å². The van der Waals surface area contributed by atoms with Gasteiger partial charge in [0.25, 0.3) is 0 Å². The highest BCUT2D eigenvalue weighted by molar-refractivity contribution is 5.85. The lowest BCUT2D eigenvalue weighted by Gasteiger charge is -2.46. The van der Waals surface area contributed by atoms with Crippen LogP contribution < -0.4 is 14.9 Å². The summed E-state index contributed by atoms with van der Waals surface area (Å²) in [5.41, 5.74) is 2.99. The number of nitrogens with zero attached hydrogens (tertiary/aromatic N) is 2. The predicted molar refractivity (Wildman–Crippen MR) is 132 cm³/mol. The molecule has 0 unspecified atom stereocenters. The largest absolute Gasteiger partial charge is 0.497 e. The lowest BCUT2D eigenvalue weighted by atomic mass is 9.83. The van der Waals surface area contributed by atoms with Crippen molar-refractivity contribution in [1.82, 2.24) is 9.80 Å². The smallest absolute Gasteiger partial charge is 0.200 e. The molecule has 6 rings (SSSR count). The summed E-state index contributed by atoms with van der Waals surface area (Å²) >= 11 is 0. The number of ether oxygens (including phenoxy) is 2. The molecular formula is C28H32N2O4. The zero-order chi connectivity index (χ0) is 23.1. The van der Waals surface area contributed by atoms with Crippen molar-refractivity contribution in [2.75, 3.05) is 33.5 Å². The molecule has 0 spiro atoms. The maximum atomic E-state index is 13.4. The fraction of sp³-hybridized carbons (Fsp3) is 0.464. The molecule has 0 N–H and O–H groups in total. The first-order valence-corrected chi connectivity index (χ1v) is 12.5. The first-order valence-electron chi connectivity index (χ1n) is 12.5. The summed E-state index contributed by atoms with van der Waals surface area (Å²) in [6.07, 6.45) is 8.18. The third-order valence-corrected chi connectivity index (χ3v) is 7.91. The topological polar surface area (TPSA) is 55.2 Å². The fourth-order valence-corrected chi connectivity index (χ4v) is 6.16. The van der Waals surface area contributed by atoms with Gasteiger partial charge in [-0.2, -0.15) is 0 Å². The van der Waals surface area contributed by atoms with Gasteiger partial charge in [0.1, 0.15) is 30.1 Å². The highest BCUT2D eigenvalue weighted by Gasteiger charge is 2.35. The second-order valence-corrected chi connectivity index (χ2v) is 9.91. The van der Waals surface area contributed by atoms with Crippen molar-refractivity contribution in [2.45, 2.75) is 44.7 Å². The third-order valence-electron chi connectivity index (χ3n) is 7.91. The van der Waals surface area contributed by atoms with Crippen LogP contribution in [0.1, 0.15) is 37.7 Å². The molecule has 0 aliphatic carbocycles. The van der Waals surface area contributed by atoms with Gasteiger partial charge >= 0.3 is 0 Å². The van der Waals surface area contributed by atoms with Crippen LogP contribution in [-0.4, -0.2) is 49.3 Å². The number of benzene rings is 2. The van der Waals surface area contributed by atoms with Crippen LogP contribution in [0.2, 0.25) is 0 Å². The number of hydrogen-bond donors (Lipinski definition) is 0. The summed E-state index contributed by atoms with van der Waals surface area (Å²) in [4.78, 5) is 18.5. The molecule has 2 saturated heterocycles. The Bertz CT molecular complexity index is 1230. The van der Waals surface area contributed by atoms with Crippen LogP contribution >= 0.6 is 0 Å².